The Hall–Kier alpha value is -1.30. The summed E-state index contributed by atoms with van der Waals surface area (Å²) >= 11 is 0. The van der Waals surface area contributed by atoms with Crippen molar-refractivity contribution < 1.29 is 19.8 Å². The van der Waals surface area contributed by atoms with E-state index in [1.165, 1.54) is 0 Å². The van der Waals surface area contributed by atoms with Gasteiger partial charge in [-0.2, -0.15) is 0 Å². The number of carboxylic acid groups (broad SMARTS) is 1. The van der Waals surface area contributed by atoms with Gasteiger partial charge in [-0.1, -0.05) is 12.8 Å². The molecule has 0 radical (unpaired) electrons. The molecule has 0 aromatic heterocycles. The van der Waals surface area contributed by atoms with Gasteiger partial charge in [-0.25, -0.2) is 4.79 Å². The summed E-state index contributed by atoms with van der Waals surface area (Å²) in [5, 5.41) is 21.5. The van der Waals surface area contributed by atoms with Gasteiger partial charge in [-0.3, -0.25) is 4.79 Å². The fourth-order valence-corrected chi connectivity index (χ4v) is 3.55. The Morgan fingerprint density at radius 1 is 1.10 bits per heavy atom. The standard InChI is InChI=1S/C15H26N2O4/c18-10-12-6-3-4-8-17(12)15(21)16-9-11-5-1-2-7-13(11)14(19)20/h11-13,18H,1-10H2,(H,16,21)(H,19,20). The van der Waals surface area contributed by atoms with E-state index in [-0.39, 0.29) is 30.5 Å². The molecule has 2 rings (SSSR count). The first-order chi connectivity index (χ1) is 10.1. The summed E-state index contributed by atoms with van der Waals surface area (Å²) in [6.07, 6.45) is 6.40. The second-order valence-corrected chi connectivity index (χ2v) is 6.20. The molecule has 0 aromatic rings. The number of aliphatic hydroxyl groups excluding tert-OH is 1. The summed E-state index contributed by atoms with van der Waals surface area (Å²) in [7, 11) is 0. The van der Waals surface area contributed by atoms with Crippen LogP contribution in [0.3, 0.4) is 0 Å². The number of carboxylic acids is 1. The number of nitrogens with zero attached hydrogens (tertiary/aromatic N) is 1. The Morgan fingerprint density at radius 3 is 2.52 bits per heavy atom. The van der Waals surface area contributed by atoms with Crippen LogP contribution < -0.4 is 5.32 Å². The zero-order valence-electron chi connectivity index (χ0n) is 12.5. The summed E-state index contributed by atoms with van der Waals surface area (Å²) in [6.45, 7) is 1.09. The first kappa shape index (κ1) is 16.1. The molecule has 1 saturated heterocycles. The molecule has 2 aliphatic rings. The molecule has 3 N–H and O–H groups in total. The fourth-order valence-electron chi connectivity index (χ4n) is 3.55. The van der Waals surface area contributed by atoms with E-state index in [9.17, 15) is 19.8 Å². The van der Waals surface area contributed by atoms with Gasteiger partial charge in [-0.15, -0.1) is 0 Å². The Labute approximate surface area is 125 Å². The van der Waals surface area contributed by atoms with Crippen molar-refractivity contribution >= 4 is 12.0 Å². The fraction of sp³-hybridized carbons (Fsp3) is 0.867. The number of nitrogens with one attached hydrogen (secondary N) is 1. The Bertz CT molecular complexity index is 375. The van der Waals surface area contributed by atoms with Crippen LogP contribution in [0.5, 0.6) is 0 Å². The number of carbonyl (C=O) groups is 2. The molecule has 2 amide bonds. The normalized spacial score (nSPS) is 30.0. The van der Waals surface area contributed by atoms with Gasteiger partial charge in [-0.05, 0) is 38.0 Å². The molecule has 2 fully saturated rings. The predicted octanol–water partition coefficient (Wildman–Crippen LogP) is 1.43. The van der Waals surface area contributed by atoms with Gasteiger partial charge in [0.15, 0.2) is 0 Å². The SMILES string of the molecule is O=C(O)C1CCCCC1CNC(=O)N1CCCCC1CO. The number of hydrogen-bond acceptors (Lipinski definition) is 3. The second kappa shape index (κ2) is 7.64. The number of hydrogen-bond donors (Lipinski definition) is 3. The third kappa shape index (κ3) is 4.09. The van der Waals surface area contributed by atoms with Gasteiger partial charge in [0.1, 0.15) is 0 Å². The molecule has 0 bridgehead atoms. The van der Waals surface area contributed by atoms with E-state index in [1.807, 2.05) is 0 Å². The number of carbonyl (C=O) groups excluding carboxylic acids is 1. The number of amides is 2. The van der Waals surface area contributed by atoms with Gasteiger partial charge in [0, 0.05) is 13.1 Å². The maximum atomic E-state index is 12.2. The molecule has 1 heterocycles. The van der Waals surface area contributed by atoms with E-state index in [0.29, 0.717) is 19.5 Å². The van der Waals surface area contributed by atoms with Crippen LogP contribution in [0.4, 0.5) is 4.79 Å². The molecule has 0 aromatic carbocycles. The van der Waals surface area contributed by atoms with Crippen LogP contribution in [0.1, 0.15) is 44.9 Å². The van der Waals surface area contributed by atoms with Crippen LogP contribution in [-0.4, -0.2) is 52.9 Å². The summed E-state index contributed by atoms with van der Waals surface area (Å²) in [5.74, 6) is -1.06. The van der Waals surface area contributed by atoms with Gasteiger partial charge in [0.25, 0.3) is 0 Å². The quantitative estimate of drug-likeness (QED) is 0.732. The van der Waals surface area contributed by atoms with Crippen molar-refractivity contribution in [3.8, 4) is 0 Å². The van der Waals surface area contributed by atoms with E-state index in [4.69, 9.17) is 0 Å². The zero-order valence-corrected chi connectivity index (χ0v) is 12.5. The maximum absolute atomic E-state index is 12.2. The number of likely N-dealkylation sites (tertiary alicyclic amines) is 1. The van der Waals surface area contributed by atoms with Crippen molar-refractivity contribution in [2.24, 2.45) is 11.8 Å². The third-order valence-corrected chi connectivity index (χ3v) is 4.84. The van der Waals surface area contributed by atoms with Crippen molar-refractivity contribution in [3.05, 3.63) is 0 Å². The second-order valence-electron chi connectivity index (χ2n) is 6.20. The molecule has 21 heavy (non-hydrogen) atoms. The number of aliphatic hydroxyl groups is 1. The first-order valence-corrected chi connectivity index (χ1v) is 8.01. The zero-order chi connectivity index (χ0) is 15.2. The number of urea groups is 1. The number of rotatable bonds is 4. The molecule has 3 unspecified atom stereocenters. The minimum Gasteiger partial charge on any atom is -0.481 e. The average Bonchev–Trinajstić information content (AvgIpc) is 2.52. The summed E-state index contributed by atoms with van der Waals surface area (Å²) in [6, 6.07) is -0.260. The molecule has 120 valence electrons. The van der Waals surface area contributed by atoms with E-state index in [1.54, 1.807) is 4.90 Å². The Balaban J connectivity index is 1.85. The Kier molecular flexibility index (Phi) is 5.85. The smallest absolute Gasteiger partial charge is 0.317 e. The number of piperidine rings is 1. The van der Waals surface area contributed by atoms with Gasteiger partial charge in [0.05, 0.1) is 18.6 Å². The van der Waals surface area contributed by atoms with Gasteiger partial charge in [0.2, 0.25) is 0 Å². The highest BCUT2D eigenvalue weighted by atomic mass is 16.4. The first-order valence-electron chi connectivity index (χ1n) is 8.01. The summed E-state index contributed by atoms with van der Waals surface area (Å²) in [4.78, 5) is 25.2. The Morgan fingerprint density at radius 2 is 1.81 bits per heavy atom. The van der Waals surface area contributed by atoms with E-state index < -0.39 is 5.97 Å². The van der Waals surface area contributed by atoms with Crippen LogP contribution in [-0.2, 0) is 4.79 Å². The number of aliphatic carboxylic acids is 1. The van der Waals surface area contributed by atoms with Crippen LogP contribution in [0.25, 0.3) is 0 Å². The maximum Gasteiger partial charge on any atom is 0.317 e. The topological polar surface area (TPSA) is 89.9 Å². The highest BCUT2D eigenvalue weighted by Crippen LogP contribution is 2.29. The molecule has 1 saturated carbocycles. The highest BCUT2D eigenvalue weighted by molar-refractivity contribution is 5.75. The lowest BCUT2D eigenvalue weighted by Crippen LogP contribution is -2.51. The van der Waals surface area contributed by atoms with Crippen LogP contribution >= 0.6 is 0 Å². The van der Waals surface area contributed by atoms with E-state index in [0.717, 1.165) is 38.5 Å². The van der Waals surface area contributed by atoms with Crippen molar-refractivity contribution in [2.75, 3.05) is 19.7 Å². The van der Waals surface area contributed by atoms with Crippen molar-refractivity contribution in [3.63, 3.8) is 0 Å². The van der Waals surface area contributed by atoms with Crippen molar-refractivity contribution in [1.82, 2.24) is 10.2 Å². The van der Waals surface area contributed by atoms with Crippen molar-refractivity contribution in [2.45, 2.75) is 51.0 Å². The lowest BCUT2D eigenvalue weighted by Gasteiger charge is -2.35. The molecule has 3 atom stereocenters. The lowest BCUT2D eigenvalue weighted by atomic mass is 9.79. The monoisotopic (exact) mass is 298 g/mol. The molecular formula is C15H26N2O4. The molecule has 6 nitrogen and oxygen atoms in total. The molecule has 6 heteroatoms. The third-order valence-electron chi connectivity index (χ3n) is 4.84. The lowest BCUT2D eigenvalue weighted by molar-refractivity contribution is -0.144. The molecule has 0 spiro atoms. The van der Waals surface area contributed by atoms with E-state index in [2.05, 4.69) is 5.32 Å². The van der Waals surface area contributed by atoms with E-state index >= 15 is 0 Å². The summed E-state index contributed by atoms with van der Waals surface area (Å²) < 4.78 is 0. The van der Waals surface area contributed by atoms with Gasteiger partial charge < -0.3 is 20.4 Å². The predicted molar refractivity (Wildman–Crippen MR) is 77.9 cm³/mol. The highest BCUT2D eigenvalue weighted by Gasteiger charge is 2.32. The molecule has 1 aliphatic carbocycles. The van der Waals surface area contributed by atoms with Gasteiger partial charge >= 0.3 is 12.0 Å². The molecule has 1 aliphatic heterocycles. The molecular weight excluding hydrogens is 272 g/mol. The van der Waals surface area contributed by atoms with Crippen LogP contribution in [0, 0.1) is 11.8 Å². The average molecular weight is 298 g/mol. The minimum absolute atomic E-state index is 0.00536. The summed E-state index contributed by atoms with van der Waals surface area (Å²) in [5.41, 5.74) is 0. The van der Waals surface area contributed by atoms with Crippen LogP contribution in [0.2, 0.25) is 0 Å². The van der Waals surface area contributed by atoms with Crippen molar-refractivity contribution in [1.29, 1.82) is 0 Å². The van der Waals surface area contributed by atoms with Crippen LogP contribution in [0.15, 0.2) is 0 Å². The largest absolute Gasteiger partial charge is 0.481 e. The minimum atomic E-state index is -0.750.